The average Bonchev–Trinajstić information content (AvgIpc) is 3.35. The van der Waals surface area contributed by atoms with Gasteiger partial charge in [0.15, 0.2) is 0 Å². The molecular weight excluding hydrogens is 492 g/mol. The number of nitrogens with zero attached hydrogens (tertiary/aromatic N) is 3. The monoisotopic (exact) mass is 528 g/mol. The molecule has 0 radical (unpaired) electrons. The molecule has 194 valence electrons. The van der Waals surface area contributed by atoms with Crippen LogP contribution < -0.4 is 10.6 Å². The third-order valence-electron chi connectivity index (χ3n) is 7.91. The van der Waals surface area contributed by atoms with Gasteiger partial charge in [0.25, 0.3) is 10.1 Å². The van der Waals surface area contributed by atoms with Crippen LogP contribution >= 0.6 is 11.5 Å². The van der Waals surface area contributed by atoms with Gasteiger partial charge in [-0.05, 0) is 71.0 Å². The highest BCUT2D eigenvalue weighted by Crippen LogP contribution is 2.45. The lowest BCUT2D eigenvalue weighted by Crippen LogP contribution is -2.47. The van der Waals surface area contributed by atoms with Crippen molar-refractivity contribution < 1.29 is 12.6 Å². The Labute approximate surface area is 218 Å². The highest BCUT2D eigenvalue weighted by Gasteiger charge is 2.40. The molecule has 1 saturated heterocycles. The molecule has 1 aliphatic carbocycles. The molecule has 0 spiro atoms. The van der Waals surface area contributed by atoms with Crippen LogP contribution in [0.25, 0.3) is 10.1 Å². The summed E-state index contributed by atoms with van der Waals surface area (Å²) >= 11 is 1.58. The standard InChI is InChI=1S/C27H36N4O3S2/c1-27(2)21(18-25(28)34-36(3,32)33)17-20-16-19(8-9-23(20)27)10-11-30-12-14-31(15-13-30)26-22-6-4-5-7-24(22)35-29-26/h4-9,16,21,25H,10-15,17-18,28H2,1-3H3. The number of fused-ring (bicyclic) bond motifs is 2. The predicted octanol–water partition coefficient (Wildman–Crippen LogP) is 3.76. The maximum atomic E-state index is 11.5. The molecule has 1 fully saturated rings. The lowest BCUT2D eigenvalue weighted by molar-refractivity contribution is 0.161. The molecule has 2 aliphatic rings. The number of anilines is 1. The first-order valence-electron chi connectivity index (χ1n) is 12.7. The van der Waals surface area contributed by atoms with Gasteiger partial charge in [-0.1, -0.05) is 44.2 Å². The van der Waals surface area contributed by atoms with Crippen LogP contribution in [0.1, 0.15) is 37.0 Å². The molecule has 2 aromatic carbocycles. The Balaban J connectivity index is 1.16. The van der Waals surface area contributed by atoms with Crippen molar-refractivity contribution in [3.05, 3.63) is 59.2 Å². The van der Waals surface area contributed by atoms with E-state index in [9.17, 15) is 8.42 Å². The molecule has 2 unspecified atom stereocenters. The number of benzene rings is 2. The van der Waals surface area contributed by atoms with Gasteiger partial charge in [0.05, 0.1) is 11.0 Å². The van der Waals surface area contributed by atoms with Crippen LogP contribution in [0.2, 0.25) is 0 Å². The van der Waals surface area contributed by atoms with Gasteiger partial charge in [-0.25, -0.2) is 0 Å². The van der Waals surface area contributed by atoms with Crippen molar-refractivity contribution in [2.75, 3.05) is 43.9 Å². The summed E-state index contributed by atoms with van der Waals surface area (Å²) in [5.41, 5.74) is 10.00. The molecule has 1 aromatic heterocycles. The zero-order valence-electron chi connectivity index (χ0n) is 21.3. The van der Waals surface area contributed by atoms with Crippen molar-refractivity contribution >= 4 is 37.6 Å². The van der Waals surface area contributed by atoms with Gasteiger partial charge in [0.1, 0.15) is 12.0 Å². The quantitative estimate of drug-likeness (QED) is 0.352. The summed E-state index contributed by atoms with van der Waals surface area (Å²) in [5, 5.41) is 1.26. The van der Waals surface area contributed by atoms with Gasteiger partial charge < -0.3 is 10.6 Å². The van der Waals surface area contributed by atoms with Gasteiger partial charge in [-0.3, -0.25) is 9.08 Å². The summed E-state index contributed by atoms with van der Waals surface area (Å²) in [5.74, 6) is 1.38. The van der Waals surface area contributed by atoms with E-state index in [1.165, 1.54) is 26.8 Å². The molecule has 9 heteroatoms. The molecule has 2 heterocycles. The number of rotatable bonds is 8. The summed E-state index contributed by atoms with van der Waals surface area (Å²) in [6.45, 7) is 9.59. The van der Waals surface area contributed by atoms with Crippen LogP contribution in [0, 0.1) is 5.92 Å². The van der Waals surface area contributed by atoms with E-state index in [2.05, 4.69) is 66.1 Å². The fraction of sp³-hybridized carbons (Fsp3) is 0.519. The molecular formula is C27H36N4O3S2. The zero-order valence-corrected chi connectivity index (χ0v) is 22.9. The van der Waals surface area contributed by atoms with Crippen molar-refractivity contribution in [3.8, 4) is 0 Å². The van der Waals surface area contributed by atoms with Crippen molar-refractivity contribution in [3.63, 3.8) is 0 Å². The minimum absolute atomic E-state index is 0.0669. The lowest BCUT2D eigenvalue weighted by Gasteiger charge is -2.35. The van der Waals surface area contributed by atoms with E-state index in [1.807, 2.05) is 0 Å². The normalized spacial score (nSPS) is 21.1. The lowest BCUT2D eigenvalue weighted by atomic mass is 9.76. The van der Waals surface area contributed by atoms with Crippen LogP contribution in [-0.4, -0.2) is 62.9 Å². The molecule has 5 rings (SSSR count). The van der Waals surface area contributed by atoms with E-state index in [1.54, 1.807) is 11.5 Å². The van der Waals surface area contributed by atoms with E-state index in [0.29, 0.717) is 6.42 Å². The first-order valence-corrected chi connectivity index (χ1v) is 15.3. The maximum Gasteiger partial charge on any atom is 0.265 e. The second-order valence-corrected chi connectivity index (χ2v) is 13.2. The van der Waals surface area contributed by atoms with E-state index in [-0.39, 0.29) is 11.3 Å². The summed E-state index contributed by atoms with van der Waals surface area (Å²) in [6, 6.07) is 15.3. The summed E-state index contributed by atoms with van der Waals surface area (Å²) < 4.78 is 33.9. The van der Waals surface area contributed by atoms with E-state index in [4.69, 9.17) is 14.3 Å². The SMILES string of the molecule is CC1(C)c2ccc(CCN3CCN(c4nsc5ccccc45)CC3)cc2CC1CC(N)OS(C)(=O)=O. The number of hydrogen-bond donors (Lipinski definition) is 1. The average molecular weight is 529 g/mol. The van der Waals surface area contributed by atoms with Crippen molar-refractivity contribution in [2.24, 2.45) is 11.7 Å². The Hall–Kier alpha value is -2.04. The van der Waals surface area contributed by atoms with Crippen molar-refractivity contribution in [1.82, 2.24) is 9.27 Å². The van der Waals surface area contributed by atoms with Crippen LogP contribution in [-0.2, 0) is 32.6 Å². The number of nitrogens with two attached hydrogens (primary N) is 1. The minimum Gasteiger partial charge on any atom is -0.353 e. The van der Waals surface area contributed by atoms with Gasteiger partial charge in [-0.2, -0.15) is 12.8 Å². The number of hydrogen-bond acceptors (Lipinski definition) is 8. The summed E-state index contributed by atoms with van der Waals surface area (Å²) in [7, 11) is -3.56. The first kappa shape index (κ1) is 25.6. The topological polar surface area (TPSA) is 88.8 Å². The van der Waals surface area contributed by atoms with Crippen LogP contribution in [0.15, 0.2) is 42.5 Å². The second-order valence-electron chi connectivity index (χ2n) is 10.8. The minimum atomic E-state index is -3.56. The van der Waals surface area contributed by atoms with Crippen molar-refractivity contribution in [2.45, 2.75) is 44.8 Å². The van der Waals surface area contributed by atoms with Gasteiger partial charge in [0.2, 0.25) is 0 Å². The van der Waals surface area contributed by atoms with E-state index in [0.717, 1.165) is 57.6 Å². The smallest absolute Gasteiger partial charge is 0.265 e. The Morgan fingerprint density at radius 2 is 1.92 bits per heavy atom. The third kappa shape index (κ3) is 5.45. The molecule has 36 heavy (non-hydrogen) atoms. The maximum absolute atomic E-state index is 11.5. The molecule has 0 amide bonds. The van der Waals surface area contributed by atoms with Crippen LogP contribution in [0.4, 0.5) is 5.82 Å². The van der Waals surface area contributed by atoms with Gasteiger partial charge >= 0.3 is 0 Å². The predicted molar refractivity (Wildman–Crippen MR) is 147 cm³/mol. The highest BCUT2D eigenvalue weighted by molar-refractivity contribution is 7.86. The van der Waals surface area contributed by atoms with Gasteiger partial charge in [0, 0.05) is 38.1 Å². The Morgan fingerprint density at radius 1 is 1.17 bits per heavy atom. The Bertz CT molecular complexity index is 1330. The zero-order chi connectivity index (χ0) is 25.5. The fourth-order valence-corrected chi connectivity index (χ4v) is 7.16. The fourth-order valence-electron chi connectivity index (χ4n) is 5.83. The largest absolute Gasteiger partial charge is 0.353 e. The van der Waals surface area contributed by atoms with Crippen molar-refractivity contribution in [1.29, 1.82) is 0 Å². The van der Waals surface area contributed by atoms with Gasteiger partial charge in [-0.15, -0.1) is 0 Å². The molecule has 1 aliphatic heterocycles. The number of piperazine rings is 1. The summed E-state index contributed by atoms with van der Waals surface area (Å²) in [6.07, 6.45) is 2.68. The Morgan fingerprint density at radius 3 is 2.67 bits per heavy atom. The second kappa shape index (κ2) is 10.0. The van der Waals surface area contributed by atoms with E-state index >= 15 is 0 Å². The molecule has 2 N–H and O–H groups in total. The highest BCUT2D eigenvalue weighted by atomic mass is 32.2. The summed E-state index contributed by atoms with van der Waals surface area (Å²) in [4.78, 5) is 4.97. The molecule has 3 aromatic rings. The van der Waals surface area contributed by atoms with Crippen LogP contribution in [0.5, 0.6) is 0 Å². The Kier molecular flexibility index (Phi) is 7.13. The molecule has 2 atom stereocenters. The third-order valence-corrected chi connectivity index (χ3v) is 9.33. The van der Waals surface area contributed by atoms with Crippen LogP contribution in [0.3, 0.4) is 0 Å². The first-order chi connectivity index (χ1) is 17.1. The van der Waals surface area contributed by atoms with E-state index < -0.39 is 16.3 Å². The molecule has 0 saturated carbocycles. The number of aromatic nitrogens is 1. The molecule has 0 bridgehead atoms. The molecule has 7 nitrogen and oxygen atoms in total.